The number of phenols is 1. The first-order valence-corrected chi connectivity index (χ1v) is 22.9. The number of benzene rings is 3. The predicted octanol–water partition coefficient (Wildman–Crippen LogP) is 7.90. The molecule has 0 saturated carbocycles. The highest BCUT2D eigenvalue weighted by Gasteiger charge is 2.41. The fourth-order valence-electron chi connectivity index (χ4n) is 8.66. The Hall–Kier alpha value is -4.89. The van der Waals surface area contributed by atoms with Crippen molar-refractivity contribution in [3.63, 3.8) is 0 Å². The van der Waals surface area contributed by atoms with Crippen LogP contribution in [-0.4, -0.2) is 107 Å². The molecule has 0 unspecified atom stereocenters. The maximum absolute atomic E-state index is 15.8. The molecule has 62 heavy (non-hydrogen) atoms. The summed E-state index contributed by atoms with van der Waals surface area (Å²) in [4.78, 5) is 49.5. The number of carbonyl (C=O) groups excluding carboxylic acids is 3. The van der Waals surface area contributed by atoms with E-state index < -0.39 is 5.60 Å². The van der Waals surface area contributed by atoms with Crippen LogP contribution in [0, 0.1) is 5.82 Å². The number of ether oxygens (including phenoxy) is 3. The normalized spacial score (nSPS) is 16.8. The highest BCUT2D eigenvalue weighted by molar-refractivity contribution is 7.09. The van der Waals surface area contributed by atoms with Gasteiger partial charge in [-0.05, 0) is 68.2 Å². The van der Waals surface area contributed by atoms with E-state index in [4.69, 9.17) is 14.2 Å². The third-order valence-corrected chi connectivity index (χ3v) is 13.5. The van der Waals surface area contributed by atoms with E-state index in [9.17, 15) is 19.5 Å². The maximum Gasteiger partial charge on any atom is 0.273 e. The molecule has 1 spiro atoms. The van der Waals surface area contributed by atoms with Crippen LogP contribution in [0.4, 0.5) is 10.1 Å². The molecule has 1 aromatic heterocycles. The molecular formula is C48H60FN5O7S. The number of halogens is 1. The van der Waals surface area contributed by atoms with Gasteiger partial charge in [0, 0.05) is 49.6 Å². The summed E-state index contributed by atoms with van der Waals surface area (Å²) in [5, 5.41) is 15.7. The molecule has 7 rings (SSSR count). The first-order chi connectivity index (χ1) is 30.0. The second-order valence-electron chi connectivity index (χ2n) is 17.0. The molecule has 3 aliphatic heterocycles. The molecule has 12 nitrogen and oxygen atoms in total. The summed E-state index contributed by atoms with van der Waals surface area (Å²) in [5.41, 5.74) is 3.67. The molecule has 2 fully saturated rings. The summed E-state index contributed by atoms with van der Waals surface area (Å²) in [6, 6.07) is 18.8. The summed E-state index contributed by atoms with van der Waals surface area (Å²) in [6.45, 7) is 10.8. The highest BCUT2D eigenvalue weighted by Crippen LogP contribution is 2.40. The van der Waals surface area contributed by atoms with Crippen LogP contribution in [0.2, 0.25) is 0 Å². The first kappa shape index (κ1) is 45.1. The third-order valence-electron chi connectivity index (χ3n) is 12.3. The molecule has 3 aliphatic rings. The minimum Gasteiger partial charge on any atom is -0.506 e. The third kappa shape index (κ3) is 11.2. The van der Waals surface area contributed by atoms with Gasteiger partial charge in [-0.25, -0.2) is 9.37 Å². The lowest BCUT2D eigenvalue weighted by Crippen LogP contribution is -2.58. The lowest BCUT2D eigenvalue weighted by Gasteiger charge is -2.47. The zero-order valence-corrected chi connectivity index (χ0v) is 37.0. The second kappa shape index (κ2) is 21.0. The van der Waals surface area contributed by atoms with Crippen molar-refractivity contribution in [3.8, 4) is 11.5 Å². The van der Waals surface area contributed by atoms with Crippen LogP contribution in [0.25, 0.3) is 0 Å². The summed E-state index contributed by atoms with van der Waals surface area (Å²) in [5.74, 6) is 0.254. The number of nitrogens with zero attached hydrogens (tertiary/aromatic N) is 4. The Morgan fingerprint density at radius 3 is 2.53 bits per heavy atom. The number of aromatic nitrogens is 1. The lowest BCUT2D eigenvalue weighted by molar-refractivity contribution is -0.134. The van der Waals surface area contributed by atoms with Gasteiger partial charge in [0.25, 0.3) is 11.8 Å². The van der Waals surface area contributed by atoms with Gasteiger partial charge in [-0.2, -0.15) is 0 Å². The highest BCUT2D eigenvalue weighted by atomic mass is 32.1. The van der Waals surface area contributed by atoms with Crippen molar-refractivity contribution < 1.29 is 38.1 Å². The molecule has 2 saturated heterocycles. The number of aryl methyl sites for hydroxylation is 1. The van der Waals surface area contributed by atoms with Crippen LogP contribution in [0.1, 0.15) is 109 Å². The number of phenolic OH excluding ortho intramolecular Hbond substituents is 1. The van der Waals surface area contributed by atoms with Crippen LogP contribution in [0.15, 0.2) is 66.0 Å². The van der Waals surface area contributed by atoms with E-state index in [1.165, 1.54) is 11.3 Å². The van der Waals surface area contributed by atoms with E-state index in [2.05, 4.69) is 29.0 Å². The van der Waals surface area contributed by atoms with E-state index in [0.717, 1.165) is 61.3 Å². The Bertz CT molecular complexity index is 2160. The summed E-state index contributed by atoms with van der Waals surface area (Å²) < 4.78 is 33.8. The van der Waals surface area contributed by atoms with Crippen molar-refractivity contribution in [1.82, 2.24) is 19.7 Å². The Morgan fingerprint density at radius 1 is 0.968 bits per heavy atom. The van der Waals surface area contributed by atoms with Crippen molar-refractivity contribution in [2.45, 2.75) is 96.2 Å². The number of fused-ring (bicyclic) bond motifs is 1. The van der Waals surface area contributed by atoms with Crippen molar-refractivity contribution in [1.29, 1.82) is 0 Å². The van der Waals surface area contributed by atoms with Gasteiger partial charge < -0.3 is 34.4 Å². The molecule has 2 N–H and O–H groups in total. The van der Waals surface area contributed by atoms with Crippen LogP contribution in [0.5, 0.6) is 11.5 Å². The number of thiazole rings is 1. The van der Waals surface area contributed by atoms with Gasteiger partial charge in [0.2, 0.25) is 5.91 Å². The Kier molecular flexibility index (Phi) is 15.3. The van der Waals surface area contributed by atoms with E-state index in [-0.39, 0.29) is 60.9 Å². The molecule has 4 aromatic rings. The summed E-state index contributed by atoms with van der Waals surface area (Å²) >= 11 is 1.53. The quantitative estimate of drug-likeness (QED) is 0.0757. The summed E-state index contributed by atoms with van der Waals surface area (Å²) in [7, 11) is 0. The van der Waals surface area contributed by atoms with E-state index in [1.807, 2.05) is 70.6 Å². The SMILES string of the molecule is CC(C)c1nc(C(=O)N2CCOC3(CCN(Cc4cccc(CCOCCC(=O)N(CCCCCc5ccc(O)c6c5OCC(=O)N6)[C@H](C)c5ccccc5)c4F)CC3)C2)cs1. The Morgan fingerprint density at radius 2 is 1.76 bits per heavy atom. The minimum atomic E-state index is -0.397. The van der Waals surface area contributed by atoms with E-state index in [1.54, 1.807) is 12.1 Å². The van der Waals surface area contributed by atoms with Gasteiger partial charge in [0.1, 0.15) is 22.9 Å². The predicted molar refractivity (Wildman–Crippen MR) is 237 cm³/mol. The van der Waals surface area contributed by atoms with Crippen LogP contribution >= 0.6 is 11.3 Å². The van der Waals surface area contributed by atoms with Crippen molar-refractivity contribution in [2.24, 2.45) is 0 Å². The molecule has 4 heterocycles. The largest absolute Gasteiger partial charge is 0.506 e. The number of hydrogen-bond donors (Lipinski definition) is 2. The number of anilines is 1. The van der Waals surface area contributed by atoms with Crippen LogP contribution in [0.3, 0.4) is 0 Å². The number of morpholine rings is 1. The van der Waals surface area contributed by atoms with Gasteiger partial charge >= 0.3 is 0 Å². The first-order valence-electron chi connectivity index (χ1n) is 22.1. The molecule has 1 atom stereocenters. The van der Waals surface area contributed by atoms with Gasteiger partial charge in [0.15, 0.2) is 12.4 Å². The molecule has 14 heteroatoms. The number of likely N-dealkylation sites (tertiary alicyclic amines) is 1. The number of carbonyl (C=O) groups is 3. The molecule has 3 amide bonds. The fourth-order valence-corrected chi connectivity index (χ4v) is 9.47. The number of nitrogens with one attached hydrogen (secondary N) is 1. The number of rotatable bonds is 18. The summed E-state index contributed by atoms with van der Waals surface area (Å²) in [6.07, 6.45) is 5.39. The monoisotopic (exact) mass is 869 g/mol. The van der Waals surface area contributed by atoms with E-state index in [0.29, 0.717) is 80.5 Å². The average Bonchev–Trinajstić information content (AvgIpc) is 3.79. The smallest absolute Gasteiger partial charge is 0.273 e. The number of aromatic hydroxyl groups is 1. The minimum absolute atomic E-state index is 0.00669. The molecule has 0 bridgehead atoms. The number of unbranched alkanes of at least 4 members (excludes halogenated alkanes) is 2. The van der Waals surface area contributed by atoms with Gasteiger partial charge in [0.05, 0.1) is 49.4 Å². The maximum atomic E-state index is 15.8. The molecule has 0 aliphatic carbocycles. The average molecular weight is 870 g/mol. The van der Waals surface area contributed by atoms with Crippen LogP contribution < -0.4 is 10.1 Å². The zero-order chi connectivity index (χ0) is 43.6. The Labute approximate surface area is 368 Å². The molecule has 332 valence electrons. The lowest BCUT2D eigenvalue weighted by atomic mass is 9.89. The molecular weight excluding hydrogens is 810 g/mol. The molecule has 0 radical (unpaired) electrons. The fraction of sp³-hybridized carbons (Fsp3) is 0.500. The molecule has 3 aromatic carbocycles. The number of hydrogen-bond acceptors (Lipinski definition) is 10. The van der Waals surface area contributed by atoms with Crippen molar-refractivity contribution in [3.05, 3.63) is 105 Å². The van der Waals surface area contributed by atoms with E-state index >= 15 is 4.39 Å². The van der Waals surface area contributed by atoms with Crippen molar-refractivity contribution >= 4 is 34.7 Å². The van der Waals surface area contributed by atoms with Crippen LogP contribution in [-0.2, 0) is 38.4 Å². The topological polar surface area (TPSA) is 134 Å². The Balaban J connectivity index is 0.849. The van der Waals surface area contributed by atoms with Gasteiger partial charge in [-0.15, -0.1) is 11.3 Å². The number of amides is 3. The second-order valence-corrected chi connectivity index (χ2v) is 17.9. The standard InChI is InChI=1S/C48H60FN5O7S/c1-33(2)46-50-39(31-62-46)47(58)53-25-28-61-48(32-53)20-23-52(24-21-48)29-38-15-10-14-36(43(38)49)18-26-59-27-19-42(57)54(34(3)35-11-6-4-7-12-35)22-9-5-8-13-37-16-17-40(55)44-45(37)60-30-41(56)51-44/h4,6-7,10-12,14-17,31,33-34,55H,5,8-9,13,18-30,32H2,1-3H3,(H,51,56)/t34-/m1/s1. The van der Waals surface area contributed by atoms with Gasteiger partial charge in [-0.3, -0.25) is 19.3 Å². The number of piperidine rings is 1. The van der Waals surface area contributed by atoms with Crippen molar-refractivity contribution in [2.75, 3.05) is 64.5 Å². The zero-order valence-electron chi connectivity index (χ0n) is 36.2. The van der Waals surface area contributed by atoms with Gasteiger partial charge in [-0.1, -0.05) is 74.9 Å².